The van der Waals surface area contributed by atoms with E-state index in [9.17, 15) is 51.1 Å². The summed E-state index contributed by atoms with van der Waals surface area (Å²) >= 11 is 0. The van der Waals surface area contributed by atoms with Crippen LogP contribution in [0.25, 0.3) is 0 Å². The summed E-state index contributed by atoms with van der Waals surface area (Å²) in [5.41, 5.74) is 0. The monoisotopic (exact) mass is 566 g/mol. The number of aliphatic hydroxyl groups excluding tert-OH is 10. The highest BCUT2D eigenvalue weighted by molar-refractivity contribution is 5.33. The molecule has 16 heteroatoms. The summed E-state index contributed by atoms with van der Waals surface area (Å²) in [4.78, 5) is 3.99. The Morgan fingerprint density at radius 2 is 1.54 bits per heavy atom. The molecule has 0 unspecified atom stereocenters. The Morgan fingerprint density at radius 1 is 0.872 bits per heavy atom. The molecule has 0 spiro atoms. The smallest absolute Gasteiger partial charge is 0.187 e. The Kier molecular flexibility index (Phi) is 11.7. The highest BCUT2D eigenvalue weighted by Crippen LogP contribution is 2.29. The van der Waals surface area contributed by atoms with Gasteiger partial charge >= 0.3 is 0 Å². The first kappa shape index (κ1) is 31.9. The van der Waals surface area contributed by atoms with Crippen molar-refractivity contribution in [3.8, 4) is 0 Å². The van der Waals surface area contributed by atoms with Gasteiger partial charge in [-0.3, -0.25) is 0 Å². The van der Waals surface area contributed by atoms with Crippen molar-refractivity contribution in [3.63, 3.8) is 0 Å². The molecule has 3 rings (SSSR count). The van der Waals surface area contributed by atoms with Gasteiger partial charge in [-0.15, -0.1) is 0 Å². The van der Waals surface area contributed by atoms with Crippen LogP contribution in [0.4, 0.5) is 5.82 Å². The van der Waals surface area contributed by atoms with Gasteiger partial charge in [0.15, 0.2) is 12.6 Å². The number of aromatic nitrogens is 1. The third kappa shape index (κ3) is 7.78. The fourth-order valence-electron chi connectivity index (χ4n) is 4.21. The van der Waals surface area contributed by atoms with Gasteiger partial charge in [-0.2, -0.15) is 0 Å². The molecule has 14 atom stereocenters. The molecule has 0 aromatic carbocycles. The number of nitrogens with zero attached hydrogens (tertiary/aromatic N) is 1. The number of nitrogens with one attached hydrogen (secondary N) is 1. The van der Waals surface area contributed by atoms with Crippen LogP contribution >= 0.6 is 0 Å². The maximum absolute atomic E-state index is 10.6. The largest absolute Gasteiger partial charge is 0.394 e. The Balaban J connectivity index is 1.49. The molecule has 39 heavy (non-hydrogen) atoms. The van der Waals surface area contributed by atoms with E-state index in [2.05, 4.69) is 10.3 Å². The fourth-order valence-corrected chi connectivity index (χ4v) is 4.21. The molecule has 1 aromatic heterocycles. The Bertz CT molecular complexity index is 855. The van der Waals surface area contributed by atoms with Crippen molar-refractivity contribution in [2.45, 2.75) is 92.8 Å². The minimum absolute atomic E-state index is 0.188. The molecule has 0 radical (unpaired) electrons. The molecule has 0 amide bonds. The second-order valence-electron chi connectivity index (χ2n) is 9.53. The summed E-state index contributed by atoms with van der Waals surface area (Å²) in [6.45, 7) is -0.117. The van der Waals surface area contributed by atoms with Crippen molar-refractivity contribution in [1.29, 1.82) is 0 Å². The van der Waals surface area contributed by atoms with Crippen LogP contribution in [0, 0.1) is 0 Å². The van der Waals surface area contributed by atoms with Crippen LogP contribution in [-0.2, 0) is 18.9 Å². The zero-order valence-electron chi connectivity index (χ0n) is 21.1. The van der Waals surface area contributed by atoms with Gasteiger partial charge in [0.2, 0.25) is 0 Å². The average Bonchev–Trinajstić information content (AvgIpc) is 2.94. The van der Waals surface area contributed by atoms with Gasteiger partial charge in [-0.05, 0) is 19.1 Å². The number of hydrogen-bond donors (Lipinski definition) is 11. The summed E-state index contributed by atoms with van der Waals surface area (Å²) in [7, 11) is 0. The van der Waals surface area contributed by atoms with E-state index in [4.69, 9.17) is 18.9 Å². The number of rotatable bonds is 12. The fraction of sp³-hybridized carbons (Fsp3) is 0.783. The van der Waals surface area contributed by atoms with Crippen LogP contribution in [-0.4, -0.2) is 162 Å². The molecule has 2 aliphatic rings. The first-order chi connectivity index (χ1) is 18.5. The molecule has 0 bridgehead atoms. The number of ether oxygens (including phenoxy) is 4. The lowest BCUT2D eigenvalue weighted by molar-refractivity contribution is -0.356. The molecule has 2 fully saturated rings. The number of aliphatic hydroxyl groups is 10. The quantitative estimate of drug-likeness (QED) is 0.113. The average molecular weight is 567 g/mol. The first-order valence-electron chi connectivity index (χ1n) is 12.4. The van der Waals surface area contributed by atoms with E-state index in [0.717, 1.165) is 0 Å². The van der Waals surface area contributed by atoms with Crippen molar-refractivity contribution in [2.24, 2.45) is 0 Å². The third-order valence-electron chi connectivity index (χ3n) is 6.64. The van der Waals surface area contributed by atoms with E-state index in [1.165, 1.54) is 13.1 Å². The van der Waals surface area contributed by atoms with Gasteiger partial charge in [0.25, 0.3) is 0 Å². The van der Waals surface area contributed by atoms with Gasteiger partial charge in [0, 0.05) is 12.7 Å². The molecule has 0 saturated carbocycles. The van der Waals surface area contributed by atoms with Gasteiger partial charge in [0.05, 0.1) is 25.4 Å². The third-order valence-corrected chi connectivity index (χ3v) is 6.64. The molecule has 16 nitrogen and oxygen atoms in total. The molecular formula is C23H38N2O14. The van der Waals surface area contributed by atoms with E-state index in [-0.39, 0.29) is 6.54 Å². The molecule has 3 heterocycles. The summed E-state index contributed by atoms with van der Waals surface area (Å²) in [5.74, 6) is 0.423. The van der Waals surface area contributed by atoms with Gasteiger partial charge < -0.3 is 75.3 Å². The van der Waals surface area contributed by atoms with Crippen molar-refractivity contribution in [1.82, 2.24) is 4.98 Å². The Hall–Kier alpha value is -1.61. The van der Waals surface area contributed by atoms with Crippen LogP contribution in [0.2, 0.25) is 0 Å². The molecule has 0 aliphatic carbocycles. The molecular weight excluding hydrogens is 528 g/mol. The Labute approximate surface area is 223 Å². The van der Waals surface area contributed by atoms with Gasteiger partial charge in [0.1, 0.15) is 66.9 Å². The van der Waals surface area contributed by atoms with Crippen LogP contribution < -0.4 is 5.32 Å². The zero-order chi connectivity index (χ0) is 28.9. The number of anilines is 1. The van der Waals surface area contributed by atoms with E-state index in [1.54, 1.807) is 18.2 Å². The predicted molar refractivity (Wildman–Crippen MR) is 128 cm³/mol. The predicted octanol–water partition coefficient (Wildman–Crippen LogP) is -5.39. The zero-order valence-corrected chi connectivity index (χ0v) is 21.1. The lowest BCUT2D eigenvalue weighted by Crippen LogP contribution is -2.64. The van der Waals surface area contributed by atoms with Gasteiger partial charge in [-0.25, -0.2) is 4.98 Å². The highest BCUT2D eigenvalue weighted by atomic mass is 16.7. The van der Waals surface area contributed by atoms with Crippen molar-refractivity contribution in [3.05, 3.63) is 24.4 Å². The number of pyridine rings is 1. The maximum atomic E-state index is 10.6. The Morgan fingerprint density at radius 3 is 2.18 bits per heavy atom. The summed E-state index contributed by atoms with van der Waals surface area (Å²) in [5, 5.41) is 104. The lowest BCUT2D eigenvalue weighted by Gasteiger charge is -2.45. The maximum Gasteiger partial charge on any atom is 0.187 e. The van der Waals surface area contributed by atoms with Crippen LogP contribution in [0.5, 0.6) is 0 Å². The van der Waals surface area contributed by atoms with E-state index in [0.29, 0.717) is 5.82 Å². The van der Waals surface area contributed by atoms with Crippen LogP contribution in [0.1, 0.15) is 6.92 Å². The lowest BCUT2D eigenvalue weighted by atomic mass is 9.97. The molecule has 224 valence electrons. The van der Waals surface area contributed by atoms with Crippen molar-refractivity contribution < 1.29 is 70.0 Å². The molecule has 1 aromatic rings. The van der Waals surface area contributed by atoms with Crippen LogP contribution in [0.3, 0.4) is 0 Å². The molecule has 11 N–H and O–H groups in total. The standard InChI is InChI=1S/C23H38N2O14/c1-9-21(39-23-19(34)17(32)16(31)12(7-26)38-23)18(33)20(35)22(37-9)36-8-11(28)15(30)14(29)10(27)6-25-13-4-2-3-5-24-13/h2-5,9-12,14-23,26-35H,6-8H2,1H3,(H,24,25)/t9-,10+,11+,12+,14+,15+,16-,17-,18-,19+,20-,21+,22-,23-/m0/s1. The van der Waals surface area contributed by atoms with E-state index >= 15 is 0 Å². The topological polar surface area (TPSA) is 264 Å². The summed E-state index contributed by atoms with van der Waals surface area (Å²) < 4.78 is 21.6. The molecule has 2 aliphatic heterocycles. The highest BCUT2D eigenvalue weighted by Gasteiger charge is 2.50. The number of hydrogen-bond acceptors (Lipinski definition) is 16. The normalized spacial score (nSPS) is 38.5. The van der Waals surface area contributed by atoms with Crippen molar-refractivity contribution >= 4 is 5.82 Å². The van der Waals surface area contributed by atoms with Crippen molar-refractivity contribution in [2.75, 3.05) is 25.1 Å². The minimum atomic E-state index is -1.85. The minimum Gasteiger partial charge on any atom is -0.394 e. The second kappa shape index (κ2) is 14.3. The van der Waals surface area contributed by atoms with E-state index < -0.39 is 99.0 Å². The van der Waals surface area contributed by atoms with Gasteiger partial charge in [-0.1, -0.05) is 6.07 Å². The molecule has 2 saturated heterocycles. The summed E-state index contributed by atoms with van der Waals surface area (Å²) in [6.07, 6.45) is -20.5. The second-order valence-corrected chi connectivity index (χ2v) is 9.53. The van der Waals surface area contributed by atoms with E-state index in [1.807, 2.05) is 0 Å². The first-order valence-corrected chi connectivity index (χ1v) is 12.4. The summed E-state index contributed by atoms with van der Waals surface area (Å²) in [6, 6.07) is 5.02. The SMILES string of the molecule is C[C@@H]1O[C@H](OC[C@@H](O)[C@@H](O)[C@H](O)[C@H](O)CNc2ccccn2)[C@@H](O)[C@H](O)[C@@H]1O[C@@H]1O[C@H](CO)[C@H](O)[C@H](O)[C@H]1O. The van der Waals surface area contributed by atoms with Crippen LogP contribution in [0.15, 0.2) is 24.4 Å².